The summed E-state index contributed by atoms with van der Waals surface area (Å²) in [5, 5.41) is 3.32. The van der Waals surface area contributed by atoms with Crippen LogP contribution >= 0.6 is 11.6 Å². The van der Waals surface area contributed by atoms with Gasteiger partial charge in [0.1, 0.15) is 12.6 Å². The Morgan fingerprint density at radius 1 is 0.925 bits per heavy atom. The highest BCUT2D eigenvalue weighted by molar-refractivity contribution is 7.92. The molecule has 40 heavy (non-hydrogen) atoms. The van der Waals surface area contributed by atoms with Crippen molar-refractivity contribution in [3.05, 3.63) is 94.0 Å². The van der Waals surface area contributed by atoms with Crippen molar-refractivity contribution in [1.29, 1.82) is 0 Å². The van der Waals surface area contributed by atoms with Crippen molar-refractivity contribution in [2.24, 2.45) is 0 Å². The first-order valence-corrected chi connectivity index (χ1v) is 15.2. The first kappa shape index (κ1) is 31.2. The quantitative estimate of drug-likeness (QED) is 0.309. The van der Waals surface area contributed by atoms with Gasteiger partial charge in [0.25, 0.3) is 10.0 Å². The molecule has 1 N–H and O–H groups in total. The van der Waals surface area contributed by atoms with E-state index in [9.17, 15) is 18.0 Å². The summed E-state index contributed by atoms with van der Waals surface area (Å²) in [6, 6.07) is 18.0. The zero-order valence-electron chi connectivity index (χ0n) is 23.9. The predicted molar refractivity (Wildman–Crippen MR) is 161 cm³/mol. The molecule has 3 aromatic carbocycles. The molecule has 0 saturated heterocycles. The van der Waals surface area contributed by atoms with Crippen LogP contribution in [0.3, 0.4) is 0 Å². The SMILES string of the molecule is CCC(C)NC(=O)C(C)N(Cc1ccccc1C)C(=O)CN(c1ccc(C)c(Cl)c1)S(=O)(=O)c1ccc(C)cc1. The van der Waals surface area contributed by atoms with Crippen LogP contribution < -0.4 is 9.62 Å². The Balaban J connectivity index is 2.06. The lowest BCUT2D eigenvalue weighted by Crippen LogP contribution is -2.52. The number of hydrogen-bond acceptors (Lipinski definition) is 4. The minimum atomic E-state index is -4.15. The molecule has 0 saturated carbocycles. The lowest BCUT2D eigenvalue weighted by atomic mass is 10.1. The lowest BCUT2D eigenvalue weighted by molar-refractivity contribution is -0.139. The molecule has 3 aromatic rings. The number of hydrogen-bond donors (Lipinski definition) is 1. The van der Waals surface area contributed by atoms with Crippen LogP contribution in [0.1, 0.15) is 49.4 Å². The van der Waals surface area contributed by atoms with Crippen molar-refractivity contribution in [2.45, 2.75) is 71.5 Å². The van der Waals surface area contributed by atoms with E-state index in [1.807, 2.05) is 58.9 Å². The number of nitrogens with one attached hydrogen (secondary N) is 1. The van der Waals surface area contributed by atoms with Crippen molar-refractivity contribution in [1.82, 2.24) is 10.2 Å². The topological polar surface area (TPSA) is 86.8 Å². The highest BCUT2D eigenvalue weighted by Gasteiger charge is 2.33. The third-order valence-corrected chi connectivity index (χ3v) is 9.30. The Kier molecular flexibility index (Phi) is 10.4. The van der Waals surface area contributed by atoms with Crippen LogP contribution in [0.2, 0.25) is 5.02 Å². The Morgan fingerprint density at radius 3 is 2.17 bits per heavy atom. The van der Waals surface area contributed by atoms with Gasteiger partial charge in [-0.25, -0.2) is 8.42 Å². The molecule has 214 valence electrons. The number of amides is 2. The second-order valence-corrected chi connectivity index (χ2v) is 12.5. The maximum absolute atomic E-state index is 14.0. The smallest absolute Gasteiger partial charge is 0.264 e. The summed E-state index contributed by atoms with van der Waals surface area (Å²) < 4.78 is 28.9. The van der Waals surface area contributed by atoms with E-state index in [0.717, 1.165) is 33.0 Å². The maximum Gasteiger partial charge on any atom is 0.264 e. The Hall–Kier alpha value is -3.36. The number of benzene rings is 3. The number of carbonyl (C=O) groups is 2. The van der Waals surface area contributed by atoms with E-state index in [1.54, 1.807) is 37.3 Å². The zero-order valence-corrected chi connectivity index (χ0v) is 25.5. The highest BCUT2D eigenvalue weighted by Crippen LogP contribution is 2.29. The molecule has 0 spiro atoms. The molecule has 9 heteroatoms. The Labute approximate surface area is 243 Å². The predicted octanol–water partition coefficient (Wildman–Crippen LogP) is 5.79. The minimum absolute atomic E-state index is 0.0515. The summed E-state index contributed by atoms with van der Waals surface area (Å²) in [7, 11) is -4.15. The number of sulfonamides is 1. The van der Waals surface area contributed by atoms with Gasteiger partial charge in [0.2, 0.25) is 11.8 Å². The molecule has 0 fully saturated rings. The van der Waals surface area contributed by atoms with Crippen LogP contribution in [-0.4, -0.2) is 43.8 Å². The van der Waals surface area contributed by atoms with E-state index in [4.69, 9.17) is 11.6 Å². The first-order chi connectivity index (χ1) is 18.8. The summed E-state index contributed by atoms with van der Waals surface area (Å²) >= 11 is 6.38. The molecule has 0 aliphatic heterocycles. The van der Waals surface area contributed by atoms with Gasteiger partial charge in [-0.15, -0.1) is 0 Å². The number of aryl methyl sites for hydroxylation is 3. The summed E-state index contributed by atoms with van der Waals surface area (Å²) in [4.78, 5) is 28.7. The molecular formula is C31H38ClN3O4S. The average molecular weight is 584 g/mol. The molecule has 2 amide bonds. The lowest BCUT2D eigenvalue weighted by Gasteiger charge is -2.33. The maximum atomic E-state index is 14.0. The van der Waals surface area contributed by atoms with Gasteiger partial charge in [0, 0.05) is 17.6 Å². The van der Waals surface area contributed by atoms with Gasteiger partial charge in [-0.2, -0.15) is 0 Å². The van der Waals surface area contributed by atoms with Crippen LogP contribution in [0, 0.1) is 20.8 Å². The average Bonchev–Trinajstić information content (AvgIpc) is 2.92. The van der Waals surface area contributed by atoms with Gasteiger partial charge in [-0.3, -0.25) is 13.9 Å². The van der Waals surface area contributed by atoms with Crippen LogP contribution in [0.4, 0.5) is 5.69 Å². The number of nitrogens with zero attached hydrogens (tertiary/aromatic N) is 2. The Bertz CT molecular complexity index is 1460. The summed E-state index contributed by atoms with van der Waals surface area (Å²) in [5.41, 5.74) is 3.78. The minimum Gasteiger partial charge on any atom is -0.352 e. The fraction of sp³-hybridized carbons (Fsp3) is 0.355. The van der Waals surface area contributed by atoms with Crippen LogP contribution in [0.15, 0.2) is 71.6 Å². The third kappa shape index (κ3) is 7.43. The van der Waals surface area contributed by atoms with E-state index in [1.165, 1.54) is 17.0 Å². The molecule has 2 atom stereocenters. The second kappa shape index (κ2) is 13.3. The molecule has 0 radical (unpaired) electrons. The second-order valence-electron chi connectivity index (χ2n) is 10.2. The summed E-state index contributed by atoms with van der Waals surface area (Å²) in [6.45, 7) is 10.8. The van der Waals surface area contributed by atoms with E-state index < -0.39 is 28.5 Å². The Morgan fingerprint density at radius 2 is 1.57 bits per heavy atom. The molecule has 0 aliphatic carbocycles. The van der Waals surface area contributed by atoms with Crippen molar-refractivity contribution in [3.8, 4) is 0 Å². The fourth-order valence-corrected chi connectivity index (χ4v) is 5.70. The van der Waals surface area contributed by atoms with Crippen LogP contribution in [-0.2, 0) is 26.2 Å². The van der Waals surface area contributed by atoms with Crippen molar-refractivity contribution >= 4 is 39.1 Å². The molecule has 0 aliphatic rings. The molecule has 7 nitrogen and oxygen atoms in total. The molecule has 0 bridgehead atoms. The van der Waals surface area contributed by atoms with Crippen molar-refractivity contribution < 1.29 is 18.0 Å². The van der Waals surface area contributed by atoms with E-state index in [-0.39, 0.29) is 29.1 Å². The van der Waals surface area contributed by atoms with Crippen molar-refractivity contribution in [3.63, 3.8) is 0 Å². The monoisotopic (exact) mass is 583 g/mol. The molecule has 0 heterocycles. The van der Waals surface area contributed by atoms with E-state index in [2.05, 4.69) is 5.32 Å². The first-order valence-electron chi connectivity index (χ1n) is 13.3. The zero-order chi connectivity index (χ0) is 29.6. The van der Waals surface area contributed by atoms with Crippen LogP contribution in [0.5, 0.6) is 0 Å². The largest absolute Gasteiger partial charge is 0.352 e. The standard InChI is InChI=1S/C31H38ClN3O4S/c1-7-24(5)33-31(37)25(6)34(19-26-11-9-8-10-22(26)3)30(36)20-35(27-15-14-23(4)29(32)18-27)40(38,39)28-16-12-21(2)13-17-28/h8-18,24-25H,7,19-20H2,1-6H3,(H,33,37). The molecule has 2 unspecified atom stereocenters. The normalized spacial score (nSPS) is 12.9. The molecule has 0 aromatic heterocycles. The van der Waals surface area contributed by atoms with Gasteiger partial charge in [-0.1, -0.05) is 66.6 Å². The van der Waals surface area contributed by atoms with Gasteiger partial charge >= 0.3 is 0 Å². The number of halogens is 1. The van der Waals surface area contributed by atoms with Crippen LogP contribution in [0.25, 0.3) is 0 Å². The van der Waals surface area contributed by atoms with Gasteiger partial charge in [0.05, 0.1) is 10.6 Å². The van der Waals surface area contributed by atoms with Gasteiger partial charge < -0.3 is 10.2 Å². The summed E-state index contributed by atoms with van der Waals surface area (Å²) in [5.74, 6) is -0.815. The molecule has 3 rings (SSSR count). The highest BCUT2D eigenvalue weighted by atomic mass is 35.5. The van der Waals surface area contributed by atoms with E-state index in [0.29, 0.717) is 5.02 Å². The van der Waals surface area contributed by atoms with Crippen molar-refractivity contribution in [2.75, 3.05) is 10.8 Å². The van der Waals surface area contributed by atoms with Gasteiger partial charge in [-0.05, 0) is 82.0 Å². The summed E-state index contributed by atoms with van der Waals surface area (Å²) in [6.07, 6.45) is 0.737. The van der Waals surface area contributed by atoms with Gasteiger partial charge in [0.15, 0.2) is 0 Å². The number of carbonyl (C=O) groups excluding carboxylic acids is 2. The van der Waals surface area contributed by atoms with E-state index >= 15 is 0 Å². The third-order valence-electron chi connectivity index (χ3n) is 7.10. The molecular weight excluding hydrogens is 546 g/mol. The number of anilines is 1. The fourth-order valence-electron chi connectivity index (χ4n) is 4.12. The number of rotatable bonds is 11.